The van der Waals surface area contributed by atoms with Crippen molar-refractivity contribution < 1.29 is 13.2 Å². The van der Waals surface area contributed by atoms with Gasteiger partial charge in [0.1, 0.15) is 0 Å². The van der Waals surface area contributed by atoms with E-state index in [1.807, 2.05) is 0 Å². The van der Waals surface area contributed by atoms with Gasteiger partial charge in [0.2, 0.25) is 11.3 Å². The van der Waals surface area contributed by atoms with E-state index in [0.717, 1.165) is 19.3 Å². The van der Waals surface area contributed by atoms with Crippen molar-refractivity contribution in [1.82, 2.24) is 5.32 Å². The summed E-state index contributed by atoms with van der Waals surface area (Å²) in [5.74, 6) is -0.271. The van der Waals surface area contributed by atoms with E-state index in [-0.39, 0.29) is 10.8 Å². The van der Waals surface area contributed by atoms with E-state index in [4.69, 9.17) is 0 Å². The fourth-order valence-electron chi connectivity index (χ4n) is 1.62. The molecule has 1 N–H and O–H groups in total. The maximum Gasteiger partial charge on any atom is 0.251 e. The lowest BCUT2D eigenvalue weighted by molar-refractivity contribution is 0.0952. The van der Waals surface area contributed by atoms with Crippen LogP contribution in [-0.2, 0) is 9.84 Å². The molecule has 118 valence electrons. The van der Waals surface area contributed by atoms with Gasteiger partial charge in [0.05, 0.1) is 4.90 Å². The van der Waals surface area contributed by atoms with E-state index in [0.29, 0.717) is 12.1 Å². The largest absolute Gasteiger partial charge is 0.352 e. The smallest absolute Gasteiger partial charge is 0.251 e. The zero-order valence-corrected chi connectivity index (χ0v) is 17.0. The lowest BCUT2D eigenvalue weighted by atomic mass is 10.2. The number of nitrogens with one attached hydrogen (secondary N) is 1. The topological polar surface area (TPSA) is 63.2 Å². The molecule has 0 aliphatic heterocycles. The van der Waals surface area contributed by atoms with Gasteiger partial charge in [-0.15, -0.1) is 0 Å². The number of carbonyl (C=O) groups is 1. The lowest BCUT2D eigenvalue weighted by Crippen LogP contribution is -2.25. The van der Waals surface area contributed by atoms with Crippen LogP contribution in [0.4, 0.5) is 0 Å². The summed E-state index contributed by atoms with van der Waals surface area (Å²) >= 11 is 9.01. The van der Waals surface area contributed by atoms with Crippen molar-refractivity contribution >= 4 is 63.5 Å². The molecule has 0 saturated carbocycles. The molecule has 1 aromatic carbocycles. The Morgan fingerprint density at radius 2 is 1.90 bits per heavy atom. The van der Waals surface area contributed by atoms with E-state index in [1.54, 1.807) is 12.1 Å². The minimum atomic E-state index is -3.69. The van der Waals surface area contributed by atoms with E-state index in [9.17, 15) is 13.2 Å². The first kappa shape index (κ1) is 19.1. The van der Waals surface area contributed by atoms with Crippen molar-refractivity contribution in [2.24, 2.45) is 0 Å². The summed E-state index contributed by atoms with van der Waals surface area (Å²) in [7, 11) is -3.69. The van der Waals surface area contributed by atoms with Gasteiger partial charge in [0.15, 0.2) is 0 Å². The van der Waals surface area contributed by atoms with E-state index < -0.39 is 11.3 Å². The van der Waals surface area contributed by atoms with Gasteiger partial charge in [-0.05, 0) is 72.4 Å². The molecule has 1 rings (SSSR count). The summed E-state index contributed by atoms with van der Waals surface area (Å²) in [5, 5.41) is 2.78. The average Bonchev–Trinajstić information content (AvgIpc) is 2.42. The highest BCUT2D eigenvalue weighted by Gasteiger charge is 2.37. The van der Waals surface area contributed by atoms with Crippen LogP contribution in [-0.4, -0.2) is 22.3 Å². The quantitative estimate of drug-likeness (QED) is 0.466. The molecule has 4 nitrogen and oxygen atoms in total. The van der Waals surface area contributed by atoms with Crippen LogP contribution in [0, 0.1) is 0 Å². The molecule has 0 aromatic heterocycles. The molecule has 0 atom stereocenters. The maximum absolute atomic E-state index is 12.3. The van der Waals surface area contributed by atoms with Gasteiger partial charge in [-0.2, -0.15) is 0 Å². The molecule has 0 bridgehead atoms. The number of halogens is 3. The van der Waals surface area contributed by atoms with Gasteiger partial charge in [-0.25, -0.2) is 8.42 Å². The number of hydrogen-bond donors (Lipinski definition) is 1. The Morgan fingerprint density at radius 3 is 2.48 bits per heavy atom. The second-order valence-corrected chi connectivity index (χ2v) is 14.9. The molecule has 1 amide bonds. The van der Waals surface area contributed by atoms with Crippen LogP contribution in [0.2, 0.25) is 0 Å². The standard InChI is InChI=1S/C13H16Br3NO3S/c1-2-3-4-8-17-12(18)10-6-5-7-11(9-10)21(19,20)13(14,15)16/h5-7,9H,2-4,8H2,1H3,(H,17,18). The predicted molar refractivity (Wildman–Crippen MR) is 95.0 cm³/mol. The molecule has 0 spiro atoms. The summed E-state index contributed by atoms with van der Waals surface area (Å²) in [6.07, 6.45) is 3.04. The number of amides is 1. The van der Waals surface area contributed by atoms with Crippen molar-refractivity contribution in [2.75, 3.05) is 6.54 Å². The first-order valence-electron chi connectivity index (χ1n) is 6.39. The van der Waals surface area contributed by atoms with Gasteiger partial charge in [-0.3, -0.25) is 4.79 Å². The van der Waals surface area contributed by atoms with Gasteiger partial charge in [0, 0.05) is 12.1 Å². The Labute approximate surface area is 150 Å². The number of hydrogen-bond acceptors (Lipinski definition) is 3. The van der Waals surface area contributed by atoms with Crippen LogP contribution in [0.5, 0.6) is 0 Å². The lowest BCUT2D eigenvalue weighted by Gasteiger charge is -2.14. The van der Waals surface area contributed by atoms with Gasteiger partial charge >= 0.3 is 0 Å². The Bertz CT molecular complexity index is 597. The minimum absolute atomic E-state index is 0.0503. The van der Waals surface area contributed by atoms with Crippen LogP contribution in [0.1, 0.15) is 36.5 Å². The molecule has 21 heavy (non-hydrogen) atoms. The molecular formula is C13H16Br3NO3S. The molecule has 0 aliphatic rings. The summed E-state index contributed by atoms with van der Waals surface area (Å²) in [5.41, 5.74) is 0.323. The maximum atomic E-state index is 12.3. The Morgan fingerprint density at radius 1 is 1.24 bits per heavy atom. The molecule has 0 fully saturated rings. The molecule has 0 heterocycles. The Hall–Kier alpha value is 0.0800. The zero-order chi connectivity index (χ0) is 16.1. The molecular weight excluding hydrogens is 490 g/mol. The summed E-state index contributed by atoms with van der Waals surface area (Å²) in [6, 6.07) is 5.95. The number of alkyl halides is 3. The number of sulfone groups is 1. The highest BCUT2D eigenvalue weighted by Crippen LogP contribution is 2.43. The zero-order valence-electron chi connectivity index (χ0n) is 11.4. The van der Waals surface area contributed by atoms with Gasteiger partial charge < -0.3 is 5.32 Å². The van der Waals surface area contributed by atoms with E-state index in [2.05, 4.69) is 60.0 Å². The third-order valence-corrected chi connectivity index (χ3v) is 8.10. The van der Waals surface area contributed by atoms with Gasteiger partial charge in [0.25, 0.3) is 5.91 Å². The first-order chi connectivity index (χ1) is 9.70. The summed E-state index contributed by atoms with van der Waals surface area (Å²) in [4.78, 5) is 12.0. The van der Waals surface area contributed by atoms with Crippen LogP contribution in [0.3, 0.4) is 0 Å². The highest BCUT2D eigenvalue weighted by molar-refractivity contribution is 9.42. The second-order valence-electron chi connectivity index (χ2n) is 4.44. The van der Waals surface area contributed by atoms with Crippen molar-refractivity contribution in [1.29, 1.82) is 0 Å². The van der Waals surface area contributed by atoms with E-state index >= 15 is 0 Å². The van der Waals surface area contributed by atoms with Crippen LogP contribution in [0.15, 0.2) is 29.2 Å². The first-order valence-corrected chi connectivity index (χ1v) is 10.3. The second kappa shape index (κ2) is 8.08. The van der Waals surface area contributed by atoms with Crippen LogP contribution >= 0.6 is 47.8 Å². The number of benzene rings is 1. The van der Waals surface area contributed by atoms with Crippen molar-refractivity contribution in [3.8, 4) is 0 Å². The molecule has 0 radical (unpaired) electrons. The van der Waals surface area contributed by atoms with Crippen molar-refractivity contribution in [3.05, 3.63) is 29.8 Å². The molecule has 0 saturated heterocycles. The van der Waals surface area contributed by atoms with Gasteiger partial charge in [-0.1, -0.05) is 25.8 Å². The molecule has 0 aliphatic carbocycles. The SMILES string of the molecule is CCCCCNC(=O)c1cccc(S(=O)(=O)C(Br)(Br)Br)c1. The third kappa shape index (κ3) is 5.33. The number of carbonyl (C=O) groups excluding carboxylic acids is 1. The Kier molecular flexibility index (Phi) is 7.36. The number of rotatable bonds is 6. The third-order valence-electron chi connectivity index (χ3n) is 2.78. The predicted octanol–water partition coefficient (Wildman–Crippen LogP) is 4.18. The average molecular weight is 506 g/mol. The summed E-state index contributed by atoms with van der Waals surface area (Å²) < 4.78 is 23.1. The monoisotopic (exact) mass is 503 g/mol. The number of unbranched alkanes of at least 4 members (excludes halogenated alkanes) is 2. The molecule has 0 unspecified atom stereocenters. The highest BCUT2D eigenvalue weighted by atomic mass is 80.0. The molecule has 1 aromatic rings. The van der Waals surface area contributed by atoms with E-state index in [1.165, 1.54) is 12.1 Å². The normalized spacial score (nSPS) is 12.2. The Balaban J connectivity index is 2.89. The summed E-state index contributed by atoms with van der Waals surface area (Å²) in [6.45, 7) is 2.67. The fraction of sp³-hybridized carbons (Fsp3) is 0.462. The van der Waals surface area contributed by atoms with Crippen molar-refractivity contribution in [3.63, 3.8) is 0 Å². The fourth-order valence-corrected chi connectivity index (χ4v) is 4.11. The van der Waals surface area contributed by atoms with Crippen molar-refractivity contribution in [2.45, 2.75) is 32.6 Å². The molecule has 8 heteroatoms. The van der Waals surface area contributed by atoms with Crippen LogP contribution in [0.25, 0.3) is 0 Å². The van der Waals surface area contributed by atoms with Crippen LogP contribution < -0.4 is 5.32 Å². The minimum Gasteiger partial charge on any atom is -0.352 e.